The Morgan fingerprint density at radius 1 is 0.941 bits per heavy atom. The fraction of sp³-hybridized carbons (Fsp3) is 0.192. The van der Waals surface area contributed by atoms with Crippen LogP contribution in [0.4, 0.5) is 17.1 Å². The Kier molecular flexibility index (Phi) is 6.72. The van der Waals surface area contributed by atoms with Gasteiger partial charge in [-0.05, 0) is 62.0 Å². The summed E-state index contributed by atoms with van der Waals surface area (Å²) in [5.41, 5.74) is 5.69. The first-order valence-electron chi connectivity index (χ1n) is 10.9. The van der Waals surface area contributed by atoms with Crippen LogP contribution in [0.1, 0.15) is 16.7 Å². The molecular formula is C26H28N4O3S. The number of fused-ring (bicyclic) bond motifs is 1. The lowest BCUT2D eigenvalue weighted by Crippen LogP contribution is -2.15. The number of hydrogen-bond acceptors (Lipinski definition) is 5. The zero-order valence-corrected chi connectivity index (χ0v) is 20.2. The Morgan fingerprint density at radius 3 is 2.26 bits per heavy atom. The van der Waals surface area contributed by atoms with Crippen molar-refractivity contribution < 1.29 is 13.2 Å². The summed E-state index contributed by atoms with van der Waals surface area (Å²) >= 11 is 0. The second-order valence-electron chi connectivity index (χ2n) is 8.58. The van der Waals surface area contributed by atoms with Crippen molar-refractivity contribution in [2.45, 2.75) is 6.42 Å². The standard InChI is InChI=1S/C26H28N4O3S/c1-30(2)16-15-18-9-11-20(12-10-18)27-25(19-7-5-4-6-8-19)24-22-17-21(29-34(3,32)33)13-14-23(22)28-26(24)31/h4-14,17,27,29H,15-16H2,1-3H3,(H,28,31)/b25-24+. The van der Waals surface area contributed by atoms with E-state index in [1.54, 1.807) is 18.2 Å². The molecule has 0 unspecified atom stereocenters. The molecule has 4 rings (SSSR count). The predicted molar refractivity (Wildman–Crippen MR) is 139 cm³/mol. The molecule has 3 aromatic carbocycles. The number of rotatable bonds is 8. The first kappa shape index (κ1) is 23.5. The molecule has 8 heteroatoms. The second kappa shape index (κ2) is 9.70. The highest BCUT2D eigenvalue weighted by Gasteiger charge is 2.29. The number of likely N-dealkylation sites (N-methyl/N-ethyl adjacent to an activating group) is 1. The van der Waals surface area contributed by atoms with Crippen LogP contribution in [0.3, 0.4) is 0 Å². The van der Waals surface area contributed by atoms with E-state index in [2.05, 4.69) is 46.5 Å². The van der Waals surface area contributed by atoms with Crippen molar-refractivity contribution in [1.82, 2.24) is 4.90 Å². The van der Waals surface area contributed by atoms with Crippen molar-refractivity contribution in [3.63, 3.8) is 0 Å². The Labute approximate surface area is 200 Å². The minimum Gasteiger partial charge on any atom is -0.354 e. The van der Waals surface area contributed by atoms with Crippen LogP contribution in [0, 0.1) is 0 Å². The van der Waals surface area contributed by atoms with Crippen LogP contribution in [0.5, 0.6) is 0 Å². The average molecular weight is 477 g/mol. The quantitative estimate of drug-likeness (QED) is 0.426. The van der Waals surface area contributed by atoms with E-state index >= 15 is 0 Å². The molecule has 0 aromatic heterocycles. The topological polar surface area (TPSA) is 90.5 Å². The SMILES string of the molecule is CN(C)CCc1ccc(N/C(=C2/C(=O)Nc3ccc(NS(C)(=O)=O)cc32)c2ccccc2)cc1. The van der Waals surface area contributed by atoms with Crippen LogP contribution in [0.2, 0.25) is 0 Å². The number of hydrogen-bond donors (Lipinski definition) is 3. The lowest BCUT2D eigenvalue weighted by Gasteiger charge is -2.16. The number of benzene rings is 3. The molecule has 3 N–H and O–H groups in total. The molecule has 0 spiro atoms. The van der Waals surface area contributed by atoms with Crippen LogP contribution < -0.4 is 15.4 Å². The number of amides is 1. The van der Waals surface area contributed by atoms with Gasteiger partial charge in [0.2, 0.25) is 10.0 Å². The highest BCUT2D eigenvalue weighted by Crippen LogP contribution is 2.39. The molecule has 0 saturated carbocycles. The third-order valence-electron chi connectivity index (χ3n) is 5.45. The number of sulfonamides is 1. The van der Waals surface area contributed by atoms with E-state index in [0.717, 1.165) is 30.5 Å². The maximum atomic E-state index is 13.1. The van der Waals surface area contributed by atoms with E-state index in [1.165, 1.54) is 5.56 Å². The van der Waals surface area contributed by atoms with Gasteiger partial charge < -0.3 is 15.5 Å². The van der Waals surface area contributed by atoms with Crippen molar-refractivity contribution >= 4 is 44.3 Å². The van der Waals surface area contributed by atoms with Crippen molar-refractivity contribution in [3.8, 4) is 0 Å². The van der Waals surface area contributed by atoms with Gasteiger partial charge in [0.25, 0.3) is 5.91 Å². The summed E-state index contributed by atoms with van der Waals surface area (Å²) in [6, 6.07) is 22.8. The molecule has 0 fully saturated rings. The Bertz CT molecular complexity index is 1330. The van der Waals surface area contributed by atoms with E-state index < -0.39 is 10.0 Å². The molecule has 0 saturated heterocycles. The maximum absolute atomic E-state index is 13.1. The zero-order valence-electron chi connectivity index (χ0n) is 19.4. The maximum Gasteiger partial charge on any atom is 0.258 e. The van der Waals surface area contributed by atoms with Gasteiger partial charge in [0, 0.05) is 29.2 Å². The van der Waals surface area contributed by atoms with E-state index in [-0.39, 0.29) is 5.91 Å². The van der Waals surface area contributed by atoms with E-state index in [1.807, 2.05) is 42.5 Å². The van der Waals surface area contributed by atoms with E-state index in [9.17, 15) is 13.2 Å². The van der Waals surface area contributed by atoms with Crippen LogP contribution in [-0.2, 0) is 21.2 Å². The Balaban J connectivity index is 1.76. The third kappa shape index (κ3) is 5.65. The molecule has 1 heterocycles. The summed E-state index contributed by atoms with van der Waals surface area (Å²) in [5.74, 6) is -0.250. The van der Waals surface area contributed by atoms with Gasteiger partial charge in [0.05, 0.1) is 17.5 Å². The summed E-state index contributed by atoms with van der Waals surface area (Å²) in [6.45, 7) is 0.965. The molecule has 1 aliphatic heterocycles. The highest BCUT2D eigenvalue weighted by atomic mass is 32.2. The van der Waals surface area contributed by atoms with Crippen molar-refractivity contribution in [2.75, 3.05) is 42.3 Å². The highest BCUT2D eigenvalue weighted by molar-refractivity contribution is 7.92. The normalized spacial score (nSPS) is 14.5. The Hall–Kier alpha value is -3.62. The van der Waals surface area contributed by atoms with E-state index in [4.69, 9.17) is 0 Å². The smallest absolute Gasteiger partial charge is 0.258 e. The van der Waals surface area contributed by atoms with Gasteiger partial charge in [-0.3, -0.25) is 9.52 Å². The molecule has 34 heavy (non-hydrogen) atoms. The molecule has 0 aliphatic carbocycles. The molecule has 0 atom stereocenters. The number of anilines is 3. The summed E-state index contributed by atoms with van der Waals surface area (Å²) in [5, 5.41) is 6.33. The first-order chi connectivity index (χ1) is 16.2. The third-order valence-corrected chi connectivity index (χ3v) is 6.06. The number of carbonyl (C=O) groups is 1. The van der Waals surface area contributed by atoms with Gasteiger partial charge in [-0.1, -0.05) is 42.5 Å². The monoisotopic (exact) mass is 476 g/mol. The fourth-order valence-electron chi connectivity index (χ4n) is 3.83. The zero-order chi connectivity index (χ0) is 24.3. The van der Waals surface area contributed by atoms with Crippen molar-refractivity contribution in [1.29, 1.82) is 0 Å². The summed E-state index contributed by atoms with van der Waals surface area (Å²) in [7, 11) is 0.651. The lowest BCUT2D eigenvalue weighted by atomic mass is 9.99. The summed E-state index contributed by atoms with van der Waals surface area (Å²) < 4.78 is 26.0. The second-order valence-corrected chi connectivity index (χ2v) is 10.3. The molecule has 176 valence electrons. The van der Waals surface area contributed by atoms with Crippen LogP contribution >= 0.6 is 0 Å². The lowest BCUT2D eigenvalue weighted by molar-refractivity contribution is -0.110. The number of nitrogens with one attached hydrogen (secondary N) is 3. The molecule has 3 aromatic rings. The van der Waals surface area contributed by atoms with Crippen LogP contribution in [0.15, 0.2) is 72.8 Å². The molecule has 1 amide bonds. The van der Waals surface area contributed by atoms with Gasteiger partial charge in [-0.15, -0.1) is 0 Å². The Morgan fingerprint density at radius 2 is 1.62 bits per heavy atom. The van der Waals surface area contributed by atoms with Gasteiger partial charge in [-0.25, -0.2) is 8.42 Å². The number of carbonyl (C=O) groups excluding carboxylic acids is 1. The fourth-order valence-corrected chi connectivity index (χ4v) is 4.38. The minimum absolute atomic E-state index is 0.250. The van der Waals surface area contributed by atoms with Crippen molar-refractivity contribution in [3.05, 3.63) is 89.5 Å². The van der Waals surface area contributed by atoms with Gasteiger partial charge >= 0.3 is 0 Å². The van der Waals surface area contributed by atoms with Crippen LogP contribution in [-0.4, -0.2) is 46.1 Å². The van der Waals surface area contributed by atoms with Gasteiger partial charge in [0.1, 0.15) is 0 Å². The molecule has 0 bridgehead atoms. The predicted octanol–water partition coefficient (Wildman–Crippen LogP) is 4.09. The summed E-state index contributed by atoms with van der Waals surface area (Å²) in [4.78, 5) is 15.2. The van der Waals surface area contributed by atoms with Crippen LogP contribution in [0.25, 0.3) is 11.3 Å². The molecule has 0 radical (unpaired) electrons. The largest absolute Gasteiger partial charge is 0.354 e. The average Bonchev–Trinajstić information content (AvgIpc) is 3.11. The summed E-state index contributed by atoms with van der Waals surface area (Å²) in [6.07, 6.45) is 2.05. The van der Waals surface area contributed by atoms with Crippen molar-refractivity contribution in [2.24, 2.45) is 0 Å². The minimum atomic E-state index is -3.45. The molecule has 7 nitrogen and oxygen atoms in total. The first-order valence-corrected chi connectivity index (χ1v) is 12.8. The van der Waals surface area contributed by atoms with Gasteiger partial charge in [0.15, 0.2) is 0 Å². The van der Waals surface area contributed by atoms with Gasteiger partial charge in [-0.2, -0.15) is 0 Å². The molecular weight excluding hydrogens is 448 g/mol. The van der Waals surface area contributed by atoms with E-state index in [0.29, 0.717) is 28.2 Å². The molecule has 1 aliphatic rings. The number of nitrogens with zero attached hydrogens (tertiary/aromatic N) is 1.